The van der Waals surface area contributed by atoms with Crippen LogP contribution in [0, 0.1) is 0 Å². The highest BCUT2D eigenvalue weighted by atomic mass is 35.5. The number of nitrogens with one attached hydrogen (secondary N) is 1. The molecule has 3 aromatic rings. The second-order valence-electron chi connectivity index (χ2n) is 9.53. The van der Waals surface area contributed by atoms with Gasteiger partial charge in [0.15, 0.2) is 0 Å². The van der Waals surface area contributed by atoms with E-state index in [0.29, 0.717) is 61.1 Å². The van der Waals surface area contributed by atoms with E-state index in [1.807, 2.05) is 41.3 Å². The summed E-state index contributed by atoms with van der Waals surface area (Å²) < 4.78 is 40.5. The molecule has 1 heterocycles. The Morgan fingerprint density at radius 1 is 0.949 bits per heavy atom. The molecule has 0 spiro atoms. The van der Waals surface area contributed by atoms with Crippen LogP contribution in [-0.4, -0.2) is 42.4 Å². The highest BCUT2D eigenvalue weighted by Gasteiger charge is 2.32. The summed E-state index contributed by atoms with van der Waals surface area (Å²) in [7, 11) is 0. The number of carbonyl (C=O) groups is 1. The molecule has 1 unspecified atom stereocenters. The van der Waals surface area contributed by atoms with Crippen molar-refractivity contribution in [2.75, 3.05) is 31.1 Å². The van der Waals surface area contributed by atoms with Gasteiger partial charge >= 0.3 is 6.18 Å². The van der Waals surface area contributed by atoms with Gasteiger partial charge in [0.05, 0.1) is 10.9 Å². The van der Waals surface area contributed by atoms with E-state index in [1.165, 1.54) is 12.1 Å². The molecule has 4 nitrogen and oxygen atoms in total. The van der Waals surface area contributed by atoms with Crippen molar-refractivity contribution in [2.45, 2.75) is 37.4 Å². The topological polar surface area (TPSA) is 35.6 Å². The van der Waals surface area contributed by atoms with Crippen LogP contribution in [0.25, 0.3) is 0 Å². The van der Waals surface area contributed by atoms with E-state index in [4.69, 9.17) is 23.2 Å². The molecule has 208 valence electrons. The molecule has 1 fully saturated rings. The van der Waals surface area contributed by atoms with E-state index >= 15 is 0 Å². The summed E-state index contributed by atoms with van der Waals surface area (Å²) in [6.07, 6.45) is -2.96. The van der Waals surface area contributed by atoms with Crippen LogP contribution in [0.1, 0.15) is 28.7 Å². The number of anilines is 1. The van der Waals surface area contributed by atoms with Crippen molar-refractivity contribution in [3.8, 4) is 0 Å². The average Bonchev–Trinajstić information content (AvgIpc) is 2.91. The minimum absolute atomic E-state index is 0.0220. The van der Waals surface area contributed by atoms with Gasteiger partial charge in [-0.25, -0.2) is 0 Å². The van der Waals surface area contributed by atoms with E-state index in [2.05, 4.69) is 17.9 Å². The van der Waals surface area contributed by atoms with Gasteiger partial charge in [0.2, 0.25) is 5.91 Å². The fraction of sp³-hybridized carbons (Fsp3) is 0.345. The van der Waals surface area contributed by atoms with E-state index in [1.54, 1.807) is 17.0 Å². The predicted octanol–water partition coefficient (Wildman–Crippen LogP) is 6.88. The summed E-state index contributed by atoms with van der Waals surface area (Å²) in [4.78, 5) is 16.7. The summed E-state index contributed by atoms with van der Waals surface area (Å²) in [5, 5.41) is 4.12. The average molecular weight is 597 g/mol. The van der Waals surface area contributed by atoms with Crippen molar-refractivity contribution in [3.63, 3.8) is 0 Å². The van der Waals surface area contributed by atoms with Crippen LogP contribution in [-0.2, 0) is 30.4 Å². The third-order valence-electron chi connectivity index (χ3n) is 6.80. The molecule has 0 saturated carbocycles. The quantitative estimate of drug-likeness (QED) is 0.209. The number of benzene rings is 3. The Kier molecular flexibility index (Phi) is 10.1. The Morgan fingerprint density at radius 2 is 1.67 bits per heavy atom. The minimum atomic E-state index is -4.43. The number of rotatable bonds is 9. The molecule has 4 rings (SSSR count). The molecule has 10 heteroatoms. The van der Waals surface area contributed by atoms with Gasteiger partial charge in [-0.05, 0) is 59.9 Å². The monoisotopic (exact) mass is 595 g/mol. The van der Waals surface area contributed by atoms with Crippen LogP contribution in [0.5, 0.6) is 0 Å². The molecule has 39 heavy (non-hydrogen) atoms. The number of aryl methyl sites for hydroxylation is 1. The molecule has 0 aromatic heterocycles. The number of amides is 1. The predicted molar refractivity (Wildman–Crippen MR) is 155 cm³/mol. The lowest BCUT2D eigenvalue weighted by Crippen LogP contribution is -2.49. The largest absolute Gasteiger partial charge is 0.416 e. The van der Waals surface area contributed by atoms with Gasteiger partial charge in [-0.2, -0.15) is 25.8 Å². The molecule has 1 saturated heterocycles. The maximum Gasteiger partial charge on any atom is 0.416 e. The summed E-state index contributed by atoms with van der Waals surface area (Å²) in [6, 6.07) is 18.9. The Labute approximate surface area is 242 Å². The second kappa shape index (κ2) is 13.3. The first kappa shape index (κ1) is 29.6. The van der Waals surface area contributed by atoms with Gasteiger partial charge in [-0.15, -0.1) is 0 Å². The maximum atomic E-state index is 13.5. The Morgan fingerprint density at radius 3 is 2.33 bits per heavy atom. The van der Waals surface area contributed by atoms with Crippen LogP contribution in [0.3, 0.4) is 0 Å². The number of hydrogen-bond donors (Lipinski definition) is 2. The van der Waals surface area contributed by atoms with E-state index < -0.39 is 11.7 Å². The maximum absolute atomic E-state index is 13.5. The van der Waals surface area contributed by atoms with E-state index in [-0.39, 0.29) is 17.8 Å². The minimum Gasteiger partial charge on any atom is -0.368 e. The Bertz CT molecular complexity index is 1270. The standard InChI is InChI=1S/C29H30Cl2F3N3OS/c30-24-9-6-21(25(31)18-24)7-11-28(38)37-14-12-36(13-15-37)26-10-8-23(29(32,33)34)17-22(26)19-35-27(39)16-20-4-2-1-3-5-20/h1-6,8-10,17-18,27,35,39H,7,11-16,19H2. The number of hydrogen-bond acceptors (Lipinski definition) is 4. The third-order valence-corrected chi connectivity index (χ3v) is 7.76. The number of alkyl halides is 3. The summed E-state index contributed by atoms with van der Waals surface area (Å²) in [5.41, 5.74) is 2.56. The lowest BCUT2D eigenvalue weighted by atomic mass is 10.1. The highest BCUT2D eigenvalue weighted by Crippen LogP contribution is 2.33. The fourth-order valence-electron chi connectivity index (χ4n) is 4.67. The molecular weight excluding hydrogens is 566 g/mol. The number of carbonyl (C=O) groups excluding carboxylic acids is 1. The molecule has 1 amide bonds. The Hall–Kier alpha value is -2.39. The third kappa shape index (κ3) is 8.30. The lowest BCUT2D eigenvalue weighted by Gasteiger charge is -2.37. The first-order valence-corrected chi connectivity index (χ1v) is 14.0. The normalized spacial score (nSPS) is 14.9. The molecule has 0 bridgehead atoms. The van der Waals surface area contributed by atoms with Crippen LogP contribution in [0.4, 0.5) is 18.9 Å². The van der Waals surface area contributed by atoms with Crippen LogP contribution >= 0.6 is 35.8 Å². The van der Waals surface area contributed by atoms with Crippen molar-refractivity contribution in [3.05, 3.63) is 99.0 Å². The molecule has 3 aromatic carbocycles. The fourth-order valence-corrected chi connectivity index (χ4v) is 5.48. The van der Waals surface area contributed by atoms with Gasteiger partial charge in [0, 0.05) is 54.9 Å². The van der Waals surface area contributed by atoms with Crippen LogP contribution < -0.4 is 10.2 Å². The van der Waals surface area contributed by atoms with Gasteiger partial charge in [0.25, 0.3) is 0 Å². The van der Waals surface area contributed by atoms with Crippen molar-refractivity contribution in [2.24, 2.45) is 0 Å². The first-order valence-electron chi connectivity index (χ1n) is 12.7. The van der Waals surface area contributed by atoms with Gasteiger partial charge in [-0.1, -0.05) is 59.6 Å². The number of halogens is 5. The summed E-state index contributed by atoms with van der Waals surface area (Å²) in [6.45, 7) is 2.27. The molecular formula is C29H30Cl2F3N3OS. The van der Waals surface area contributed by atoms with Crippen molar-refractivity contribution in [1.29, 1.82) is 0 Å². The molecule has 1 aliphatic heterocycles. The number of nitrogens with zero attached hydrogens (tertiary/aromatic N) is 2. The van der Waals surface area contributed by atoms with Crippen LogP contribution in [0.2, 0.25) is 10.0 Å². The zero-order valence-corrected chi connectivity index (χ0v) is 23.6. The first-order chi connectivity index (χ1) is 18.6. The molecule has 1 N–H and O–H groups in total. The molecule has 0 aliphatic carbocycles. The van der Waals surface area contributed by atoms with E-state index in [9.17, 15) is 18.0 Å². The lowest BCUT2D eigenvalue weighted by molar-refractivity contribution is -0.137. The van der Waals surface area contributed by atoms with Gasteiger partial charge in [-0.3, -0.25) is 4.79 Å². The molecule has 0 radical (unpaired) electrons. The number of piperazine rings is 1. The highest BCUT2D eigenvalue weighted by molar-refractivity contribution is 7.80. The summed E-state index contributed by atoms with van der Waals surface area (Å²) in [5.74, 6) is 0.0220. The van der Waals surface area contributed by atoms with Crippen LogP contribution in [0.15, 0.2) is 66.7 Å². The van der Waals surface area contributed by atoms with Gasteiger partial charge < -0.3 is 15.1 Å². The molecule has 1 atom stereocenters. The molecule has 1 aliphatic rings. The zero-order valence-electron chi connectivity index (χ0n) is 21.2. The van der Waals surface area contributed by atoms with Crippen molar-refractivity contribution >= 4 is 47.4 Å². The number of thiol groups is 1. The Balaban J connectivity index is 1.38. The van der Waals surface area contributed by atoms with Gasteiger partial charge in [0.1, 0.15) is 0 Å². The van der Waals surface area contributed by atoms with E-state index in [0.717, 1.165) is 22.9 Å². The van der Waals surface area contributed by atoms with Crippen molar-refractivity contribution < 1.29 is 18.0 Å². The van der Waals surface area contributed by atoms with Crippen molar-refractivity contribution in [1.82, 2.24) is 10.2 Å². The SMILES string of the molecule is O=C(CCc1ccc(Cl)cc1Cl)N1CCN(c2ccc(C(F)(F)F)cc2CNC(S)Cc2ccccc2)CC1. The zero-order chi connectivity index (χ0) is 28.0. The summed E-state index contributed by atoms with van der Waals surface area (Å²) >= 11 is 16.8. The second-order valence-corrected chi connectivity index (χ2v) is 11.0. The smallest absolute Gasteiger partial charge is 0.368 e.